The predicted octanol–water partition coefficient (Wildman–Crippen LogP) is 5.66. The van der Waals surface area contributed by atoms with Crippen LogP contribution in [0.1, 0.15) is 81.9 Å². The van der Waals surface area contributed by atoms with Gasteiger partial charge in [-0.1, -0.05) is 20.8 Å². The first kappa shape index (κ1) is 22.2. The third-order valence-corrected chi connectivity index (χ3v) is 8.77. The molecule has 6 heteroatoms. The molecule has 3 heterocycles. The Morgan fingerprint density at radius 3 is 2.52 bits per heavy atom. The maximum absolute atomic E-state index is 13.4. The second-order valence-corrected chi connectivity index (χ2v) is 12.0. The second kappa shape index (κ2) is 7.73. The quantitative estimate of drug-likeness (QED) is 0.469. The monoisotopic (exact) mass is 461 g/mol. The van der Waals surface area contributed by atoms with Crippen molar-refractivity contribution in [3.8, 4) is 0 Å². The summed E-state index contributed by atoms with van der Waals surface area (Å²) in [5.41, 5.74) is 4.46. The van der Waals surface area contributed by atoms with E-state index in [4.69, 9.17) is 4.98 Å². The summed E-state index contributed by atoms with van der Waals surface area (Å²) in [5.74, 6) is 0.254. The molecule has 1 aliphatic heterocycles. The Morgan fingerprint density at radius 1 is 1.09 bits per heavy atom. The molecule has 172 valence electrons. The summed E-state index contributed by atoms with van der Waals surface area (Å²) in [6, 6.07) is 5.93. The van der Waals surface area contributed by atoms with Crippen molar-refractivity contribution >= 4 is 33.9 Å². The minimum absolute atomic E-state index is 0.0393. The molecular weight excluding hydrogens is 430 g/mol. The van der Waals surface area contributed by atoms with Gasteiger partial charge in [-0.05, 0) is 67.9 Å². The number of benzene rings is 1. The molecule has 1 amide bonds. The SMILES string of the molecule is Cc1ccnc2c(C)cc(C(=O)N3CCC4(CC3)CC(=O)c3nc(C(C)(C)C)sc3C4)cc12. The van der Waals surface area contributed by atoms with E-state index in [1.54, 1.807) is 11.3 Å². The topological polar surface area (TPSA) is 63.2 Å². The van der Waals surface area contributed by atoms with Crippen LogP contribution in [0.25, 0.3) is 10.9 Å². The number of pyridine rings is 1. The van der Waals surface area contributed by atoms with Crippen molar-refractivity contribution in [1.82, 2.24) is 14.9 Å². The normalized spacial score (nSPS) is 18.1. The number of aromatic nitrogens is 2. The summed E-state index contributed by atoms with van der Waals surface area (Å²) in [6.07, 6.45) is 5.00. The van der Waals surface area contributed by atoms with Gasteiger partial charge in [0, 0.05) is 46.9 Å². The Bertz CT molecular complexity index is 1280. The highest BCUT2D eigenvalue weighted by molar-refractivity contribution is 7.12. The summed E-state index contributed by atoms with van der Waals surface area (Å²) < 4.78 is 0. The fraction of sp³-hybridized carbons (Fsp3) is 0.481. The highest BCUT2D eigenvalue weighted by Gasteiger charge is 2.43. The van der Waals surface area contributed by atoms with Crippen LogP contribution in [0.5, 0.6) is 0 Å². The first-order valence-corrected chi connectivity index (χ1v) is 12.6. The lowest BCUT2D eigenvalue weighted by Gasteiger charge is -2.43. The maximum Gasteiger partial charge on any atom is 0.253 e. The molecule has 1 spiro atoms. The molecule has 1 aliphatic carbocycles. The van der Waals surface area contributed by atoms with Gasteiger partial charge in [0.25, 0.3) is 5.91 Å². The molecule has 2 aromatic heterocycles. The average Bonchev–Trinajstić information content (AvgIpc) is 3.19. The Morgan fingerprint density at radius 2 is 1.82 bits per heavy atom. The molecule has 3 aromatic rings. The van der Waals surface area contributed by atoms with E-state index >= 15 is 0 Å². The van der Waals surface area contributed by atoms with Crippen LogP contribution < -0.4 is 0 Å². The summed E-state index contributed by atoms with van der Waals surface area (Å²) in [7, 11) is 0. The smallest absolute Gasteiger partial charge is 0.253 e. The summed E-state index contributed by atoms with van der Waals surface area (Å²) in [4.78, 5) is 38.7. The van der Waals surface area contributed by atoms with Gasteiger partial charge in [0.2, 0.25) is 0 Å². The summed E-state index contributed by atoms with van der Waals surface area (Å²) >= 11 is 1.70. The van der Waals surface area contributed by atoms with Crippen molar-refractivity contribution < 1.29 is 9.59 Å². The Labute approximate surface area is 199 Å². The van der Waals surface area contributed by atoms with Gasteiger partial charge in [-0.25, -0.2) is 4.98 Å². The minimum atomic E-state index is -0.0445. The van der Waals surface area contributed by atoms with Gasteiger partial charge in [0.15, 0.2) is 5.78 Å². The number of nitrogens with zero attached hydrogens (tertiary/aromatic N) is 3. The molecule has 0 saturated carbocycles. The van der Waals surface area contributed by atoms with Crippen LogP contribution in [0.15, 0.2) is 24.4 Å². The molecule has 0 atom stereocenters. The lowest BCUT2D eigenvalue weighted by Crippen LogP contribution is -2.46. The number of carbonyl (C=O) groups is 2. The standard InChI is InChI=1S/C27H31N3O2S/c1-16-6-9-28-22-17(2)12-18(13-19(16)22)24(32)30-10-7-27(8-11-30)14-20(31)23-21(15-27)33-25(29-23)26(3,4)5/h6,9,12-13H,7-8,10-11,14-15H2,1-5H3. The Hall–Kier alpha value is -2.60. The van der Waals surface area contributed by atoms with Gasteiger partial charge < -0.3 is 4.90 Å². The molecule has 0 radical (unpaired) electrons. The second-order valence-electron chi connectivity index (χ2n) is 10.9. The number of carbonyl (C=O) groups excluding carboxylic acids is 2. The van der Waals surface area contributed by atoms with E-state index < -0.39 is 0 Å². The van der Waals surface area contributed by atoms with Crippen LogP contribution in [0.4, 0.5) is 0 Å². The Balaban J connectivity index is 1.35. The van der Waals surface area contributed by atoms with E-state index in [-0.39, 0.29) is 22.5 Å². The van der Waals surface area contributed by atoms with Crippen LogP contribution >= 0.6 is 11.3 Å². The number of Topliss-reactive ketones (excluding diaryl/α,β-unsaturated/α-hetero) is 1. The fourth-order valence-electron chi connectivity index (χ4n) is 5.25. The van der Waals surface area contributed by atoms with Crippen molar-refractivity contribution in [1.29, 1.82) is 0 Å². The first-order chi connectivity index (χ1) is 15.6. The zero-order valence-electron chi connectivity index (χ0n) is 20.1. The molecule has 5 nitrogen and oxygen atoms in total. The van der Waals surface area contributed by atoms with Gasteiger partial charge in [-0.2, -0.15) is 0 Å². The summed E-state index contributed by atoms with van der Waals surface area (Å²) in [5, 5.41) is 2.08. The van der Waals surface area contributed by atoms with Crippen molar-refractivity contribution in [2.45, 2.75) is 65.7 Å². The van der Waals surface area contributed by atoms with Crippen LogP contribution in [0.3, 0.4) is 0 Å². The highest BCUT2D eigenvalue weighted by Crippen LogP contribution is 2.46. The van der Waals surface area contributed by atoms with Crippen molar-refractivity contribution in [3.63, 3.8) is 0 Å². The zero-order valence-corrected chi connectivity index (χ0v) is 20.9. The predicted molar refractivity (Wildman–Crippen MR) is 132 cm³/mol. The van der Waals surface area contributed by atoms with E-state index in [2.05, 4.69) is 32.7 Å². The molecule has 33 heavy (non-hydrogen) atoms. The molecule has 1 fully saturated rings. The Kier molecular flexibility index (Phi) is 5.20. The number of rotatable bonds is 1. The summed E-state index contributed by atoms with van der Waals surface area (Å²) in [6.45, 7) is 11.9. The lowest BCUT2D eigenvalue weighted by atomic mass is 9.68. The third kappa shape index (κ3) is 3.88. The van der Waals surface area contributed by atoms with Crippen LogP contribution in [0, 0.1) is 19.3 Å². The largest absolute Gasteiger partial charge is 0.339 e. The van der Waals surface area contributed by atoms with Crippen molar-refractivity contribution in [3.05, 3.63) is 56.7 Å². The molecule has 0 bridgehead atoms. The van der Waals surface area contributed by atoms with Gasteiger partial charge >= 0.3 is 0 Å². The number of fused-ring (bicyclic) bond motifs is 2. The van der Waals surface area contributed by atoms with E-state index in [0.717, 1.165) is 56.7 Å². The van der Waals surface area contributed by atoms with Gasteiger partial charge in [-0.15, -0.1) is 11.3 Å². The van der Waals surface area contributed by atoms with E-state index in [9.17, 15) is 9.59 Å². The van der Waals surface area contributed by atoms with E-state index in [1.165, 1.54) is 0 Å². The average molecular weight is 462 g/mol. The fourth-order valence-corrected chi connectivity index (χ4v) is 6.56. The number of aryl methyl sites for hydroxylation is 2. The number of likely N-dealkylation sites (tertiary alicyclic amines) is 1. The van der Waals surface area contributed by atoms with E-state index in [1.807, 2.05) is 36.2 Å². The number of piperidine rings is 1. The van der Waals surface area contributed by atoms with Crippen molar-refractivity contribution in [2.75, 3.05) is 13.1 Å². The van der Waals surface area contributed by atoms with Gasteiger partial charge in [0.05, 0.1) is 10.5 Å². The molecule has 0 unspecified atom stereocenters. The van der Waals surface area contributed by atoms with Gasteiger partial charge in [-0.3, -0.25) is 14.6 Å². The third-order valence-electron chi connectivity index (χ3n) is 7.29. The first-order valence-electron chi connectivity index (χ1n) is 11.7. The number of hydrogen-bond acceptors (Lipinski definition) is 5. The molecular formula is C27H31N3O2S. The van der Waals surface area contributed by atoms with Crippen LogP contribution in [-0.2, 0) is 11.8 Å². The molecule has 1 aromatic carbocycles. The van der Waals surface area contributed by atoms with Crippen molar-refractivity contribution in [2.24, 2.45) is 5.41 Å². The van der Waals surface area contributed by atoms with Crippen LogP contribution in [0.2, 0.25) is 0 Å². The zero-order chi connectivity index (χ0) is 23.5. The minimum Gasteiger partial charge on any atom is -0.339 e. The van der Waals surface area contributed by atoms with Gasteiger partial charge in [0.1, 0.15) is 5.69 Å². The number of thiazole rings is 1. The maximum atomic E-state index is 13.4. The number of ketones is 1. The lowest BCUT2D eigenvalue weighted by molar-refractivity contribution is 0.0522. The number of hydrogen-bond donors (Lipinski definition) is 0. The molecule has 0 N–H and O–H groups in total. The molecule has 5 rings (SSSR count). The van der Waals surface area contributed by atoms with Crippen LogP contribution in [-0.4, -0.2) is 39.6 Å². The molecule has 1 saturated heterocycles. The molecule has 2 aliphatic rings. The number of amides is 1. The van der Waals surface area contributed by atoms with E-state index in [0.29, 0.717) is 25.2 Å². The highest BCUT2D eigenvalue weighted by atomic mass is 32.1.